The van der Waals surface area contributed by atoms with Crippen LogP contribution in [-0.2, 0) is 0 Å². The van der Waals surface area contributed by atoms with Crippen LogP contribution in [-0.4, -0.2) is 72.5 Å². The van der Waals surface area contributed by atoms with E-state index in [1.807, 2.05) is 98.7 Å². The van der Waals surface area contributed by atoms with Crippen molar-refractivity contribution in [2.24, 2.45) is 10.2 Å². The summed E-state index contributed by atoms with van der Waals surface area (Å²) in [4.78, 5) is 5.09. The summed E-state index contributed by atoms with van der Waals surface area (Å²) in [7, 11) is 7.65. The molecular weight excluding hydrogens is 412 g/mol. The lowest BCUT2D eigenvalue weighted by atomic mass is 10.1. The number of hydrogen-bond acceptors (Lipinski definition) is 6. The van der Waals surface area contributed by atoms with Crippen molar-refractivity contribution < 1.29 is 0 Å². The lowest BCUT2D eigenvalue weighted by molar-refractivity contribution is 0.633. The summed E-state index contributed by atoms with van der Waals surface area (Å²) in [5.41, 5.74) is 9.58. The fraction of sp³-hybridized carbons (Fsp3) is 0.273. The lowest BCUT2D eigenvalue weighted by Gasteiger charge is -2.17. The molecule has 0 bridgehead atoms. The van der Waals surface area contributed by atoms with Crippen LogP contribution in [0.25, 0.3) is 0 Å². The van der Waals surface area contributed by atoms with Crippen LogP contribution >= 0.6 is 24.4 Å². The zero-order valence-corrected chi connectivity index (χ0v) is 19.4. The van der Waals surface area contributed by atoms with Crippen LogP contribution in [0.4, 0.5) is 0 Å². The third-order valence-electron chi connectivity index (χ3n) is 4.04. The summed E-state index contributed by atoms with van der Waals surface area (Å²) < 4.78 is 0. The van der Waals surface area contributed by atoms with Crippen LogP contribution in [0.15, 0.2) is 70.9 Å². The molecule has 2 aromatic rings. The van der Waals surface area contributed by atoms with Gasteiger partial charge in [-0.25, -0.2) is 0 Å². The first-order chi connectivity index (χ1) is 14.4. The minimum absolute atomic E-state index is 0.576. The SMILES string of the molecule is CN(C)C(=S)/C(=N\NCCN/N=C(\C(=S)N(C)C)c1ccccc1)c1ccccc1. The fourth-order valence-electron chi connectivity index (χ4n) is 2.47. The van der Waals surface area contributed by atoms with E-state index in [0.29, 0.717) is 23.1 Å². The summed E-state index contributed by atoms with van der Waals surface area (Å²) in [6.45, 7) is 1.15. The van der Waals surface area contributed by atoms with Crippen molar-refractivity contribution in [1.82, 2.24) is 20.7 Å². The second-order valence-electron chi connectivity index (χ2n) is 6.87. The monoisotopic (exact) mass is 440 g/mol. The number of likely N-dealkylation sites (N-methyl/N-ethyl adjacent to an activating group) is 2. The highest BCUT2D eigenvalue weighted by atomic mass is 32.1. The third-order valence-corrected chi connectivity index (χ3v) is 5.16. The molecule has 0 aliphatic heterocycles. The van der Waals surface area contributed by atoms with Crippen LogP contribution in [0, 0.1) is 0 Å². The molecule has 0 aliphatic carbocycles. The highest BCUT2D eigenvalue weighted by molar-refractivity contribution is 7.82. The number of rotatable bonds is 9. The summed E-state index contributed by atoms with van der Waals surface area (Å²) in [6.07, 6.45) is 0. The Hall–Kier alpha value is -2.84. The molecule has 0 atom stereocenters. The molecule has 30 heavy (non-hydrogen) atoms. The van der Waals surface area contributed by atoms with E-state index in [1.54, 1.807) is 0 Å². The number of nitrogens with one attached hydrogen (secondary N) is 2. The van der Waals surface area contributed by atoms with E-state index < -0.39 is 0 Å². The predicted molar refractivity (Wildman–Crippen MR) is 135 cm³/mol. The van der Waals surface area contributed by atoms with Crippen molar-refractivity contribution in [2.75, 3.05) is 41.3 Å². The van der Waals surface area contributed by atoms with Gasteiger partial charge in [0, 0.05) is 39.3 Å². The van der Waals surface area contributed by atoms with E-state index in [2.05, 4.69) is 21.1 Å². The number of nitrogens with zero attached hydrogens (tertiary/aromatic N) is 4. The Bertz CT molecular complexity index is 817. The molecule has 2 rings (SSSR count). The maximum atomic E-state index is 5.52. The summed E-state index contributed by atoms with van der Waals surface area (Å²) in [5, 5.41) is 9.03. The van der Waals surface area contributed by atoms with Crippen LogP contribution in [0.2, 0.25) is 0 Å². The Morgan fingerprint density at radius 1 is 0.667 bits per heavy atom. The maximum Gasteiger partial charge on any atom is 0.129 e. The Labute approximate surface area is 189 Å². The van der Waals surface area contributed by atoms with Gasteiger partial charge in [-0.3, -0.25) is 0 Å². The van der Waals surface area contributed by atoms with Crippen molar-refractivity contribution in [1.29, 1.82) is 0 Å². The van der Waals surface area contributed by atoms with E-state index in [0.717, 1.165) is 22.6 Å². The number of benzene rings is 2. The molecule has 0 radical (unpaired) electrons. The largest absolute Gasteiger partial charge is 0.367 e. The summed E-state index contributed by atoms with van der Waals surface area (Å²) in [5.74, 6) is 0. The summed E-state index contributed by atoms with van der Waals surface area (Å²) in [6, 6.07) is 19.8. The van der Waals surface area contributed by atoms with Crippen LogP contribution in [0.5, 0.6) is 0 Å². The van der Waals surface area contributed by atoms with Crippen LogP contribution in [0.3, 0.4) is 0 Å². The van der Waals surface area contributed by atoms with Crippen molar-refractivity contribution in [3.8, 4) is 0 Å². The molecule has 0 aromatic heterocycles. The number of thiocarbonyl (C=S) groups is 2. The average molecular weight is 441 g/mol. The number of hydrazone groups is 2. The van der Waals surface area contributed by atoms with E-state index >= 15 is 0 Å². The van der Waals surface area contributed by atoms with Gasteiger partial charge in [0.25, 0.3) is 0 Å². The van der Waals surface area contributed by atoms with Gasteiger partial charge in [-0.2, -0.15) is 10.2 Å². The van der Waals surface area contributed by atoms with E-state index in [9.17, 15) is 0 Å². The highest BCUT2D eigenvalue weighted by Gasteiger charge is 2.13. The normalized spacial score (nSPS) is 11.6. The zero-order valence-electron chi connectivity index (χ0n) is 17.8. The van der Waals surface area contributed by atoms with Gasteiger partial charge in [0.05, 0.1) is 13.1 Å². The molecule has 0 fully saturated rings. The van der Waals surface area contributed by atoms with Gasteiger partial charge in [-0.05, 0) is 0 Å². The van der Waals surface area contributed by atoms with Crippen molar-refractivity contribution in [3.05, 3.63) is 71.8 Å². The first kappa shape index (κ1) is 23.4. The molecule has 6 nitrogen and oxygen atoms in total. The predicted octanol–water partition coefficient (Wildman–Crippen LogP) is 2.75. The van der Waals surface area contributed by atoms with Gasteiger partial charge in [0.1, 0.15) is 21.4 Å². The Kier molecular flexibility index (Phi) is 9.37. The van der Waals surface area contributed by atoms with Gasteiger partial charge in [-0.15, -0.1) is 0 Å². The van der Waals surface area contributed by atoms with Gasteiger partial charge >= 0.3 is 0 Å². The quantitative estimate of drug-likeness (QED) is 0.271. The summed E-state index contributed by atoms with van der Waals surface area (Å²) >= 11 is 11.0. The van der Waals surface area contributed by atoms with E-state index in [1.165, 1.54) is 0 Å². The Morgan fingerprint density at radius 3 is 1.30 bits per heavy atom. The molecule has 0 heterocycles. The van der Waals surface area contributed by atoms with Crippen LogP contribution in [0.1, 0.15) is 11.1 Å². The van der Waals surface area contributed by atoms with Gasteiger partial charge in [-0.1, -0.05) is 85.1 Å². The Morgan fingerprint density at radius 2 is 1.00 bits per heavy atom. The zero-order chi connectivity index (χ0) is 21.9. The maximum absolute atomic E-state index is 5.52. The molecule has 158 valence electrons. The molecule has 0 aliphatic rings. The van der Waals surface area contributed by atoms with Gasteiger partial charge in [0.2, 0.25) is 0 Å². The van der Waals surface area contributed by atoms with E-state index in [-0.39, 0.29) is 0 Å². The smallest absolute Gasteiger partial charge is 0.129 e. The van der Waals surface area contributed by atoms with Crippen molar-refractivity contribution in [3.63, 3.8) is 0 Å². The first-order valence-corrected chi connectivity index (χ1v) is 10.4. The van der Waals surface area contributed by atoms with Gasteiger partial charge in [0.15, 0.2) is 0 Å². The standard InChI is InChI=1S/C22H28N6S2/c1-27(2)21(29)19(17-11-7-5-8-12-17)25-23-15-16-24-26-20(22(30)28(3)4)18-13-9-6-10-14-18/h5-14,23-24H,15-16H2,1-4H3/b25-19-,26-20-. The Balaban J connectivity index is 2.02. The molecule has 0 amide bonds. The van der Waals surface area contributed by atoms with Crippen molar-refractivity contribution >= 4 is 45.8 Å². The minimum atomic E-state index is 0.576. The topological polar surface area (TPSA) is 55.3 Å². The molecule has 0 spiro atoms. The number of hydrogen-bond donors (Lipinski definition) is 2. The third kappa shape index (κ3) is 6.89. The fourth-order valence-corrected chi connectivity index (χ4v) is 2.80. The van der Waals surface area contributed by atoms with Crippen LogP contribution < -0.4 is 10.9 Å². The molecular formula is C22H28N6S2. The lowest BCUT2D eigenvalue weighted by Crippen LogP contribution is -2.32. The molecule has 0 unspecified atom stereocenters. The molecule has 2 N–H and O–H groups in total. The second kappa shape index (κ2) is 12.0. The average Bonchev–Trinajstić information content (AvgIpc) is 2.76. The second-order valence-corrected chi connectivity index (χ2v) is 7.64. The van der Waals surface area contributed by atoms with Crippen molar-refractivity contribution in [2.45, 2.75) is 0 Å². The minimum Gasteiger partial charge on any atom is -0.367 e. The molecule has 0 saturated carbocycles. The molecule has 0 saturated heterocycles. The first-order valence-electron chi connectivity index (χ1n) is 9.57. The molecule has 8 heteroatoms. The highest BCUT2D eigenvalue weighted by Crippen LogP contribution is 2.05. The molecule has 2 aromatic carbocycles. The van der Waals surface area contributed by atoms with E-state index in [4.69, 9.17) is 24.4 Å². The van der Waals surface area contributed by atoms with Gasteiger partial charge < -0.3 is 20.7 Å².